The highest BCUT2D eigenvalue weighted by molar-refractivity contribution is 5.42. The fraction of sp³-hybridized carbons (Fsp3) is 0.611. The smallest absolute Gasteiger partial charge is 0.137 e. The highest BCUT2D eigenvalue weighted by Gasteiger charge is 2.19. The maximum absolute atomic E-state index is 9.03. The Bertz CT molecular complexity index is 461. The summed E-state index contributed by atoms with van der Waals surface area (Å²) in [6.07, 6.45) is 7.89. The van der Waals surface area contributed by atoms with Crippen LogP contribution < -0.4 is 4.74 Å². The van der Waals surface area contributed by atoms with E-state index in [1.54, 1.807) is 6.07 Å². The second-order valence-corrected chi connectivity index (χ2v) is 5.73. The predicted molar refractivity (Wildman–Crippen MR) is 85.4 cm³/mol. The molecule has 0 saturated heterocycles. The third-order valence-electron chi connectivity index (χ3n) is 4.35. The molecule has 21 heavy (non-hydrogen) atoms. The SMILES string of the molecule is CCN(CCCOc1ccccc1C#N)C1CCCCC1. The van der Waals surface area contributed by atoms with Gasteiger partial charge < -0.3 is 9.64 Å². The molecule has 1 aromatic rings. The van der Waals surface area contributed by atoms with Crippen LogP contribution in [0.3, 0.4) is 0 Å². The van der Waals surface area contributed by atoms with Crippen molar-refractivity contribution < 1.29 is 4.74 Å². The van der Waals surface area contributed by atoms with Crippen LogP contribution in [0.5, 0.6) is 5.75 Å². The summed E-state index contributed by atoms with van der Waals surface area (Å²) in [7, 11) is 0. The number of nitrogens with zero attached hydrogens (tertiary/aromatic N) is 2. The monoisotopic (exact) mass is 286 g/mol. The van der Waals surface area contributed by atoms with Crippen molar-refractivity contribution in [2.75, 3.05) is 19.7 Å². The first kappa shape index (κ1) is 15.9. The summed E-state index contributed by atoms with van der Waals surface area (Å²) in [5.41, 5.74) is 0.622. The second kappa shape index (κ2) is 8.69. The minimum Gasteiger partial charge on any atom is -0.492 e. The Labute approximate surface area is 128 Å². The summed E-state index contributed by atoms with van der Waals surface area (Å²) in [6, 6.07) is 10.4. The lowest BCUT2D eigenvalue weighted by molar-refractivity contribution is 0.152. The van der Waals surface area contributed by atoms with Gasteiger partial charge in [-0.1, -0.05) is 38.3 Å². The quantitative estimate of drug-likeness (QED) is 0.711. The zero-order valence-electron chi connectivity index (χ0n) is 13.1. The fourth-order valence-electron chi connectivity index (χ4n) is 3.18. The normalized spacial score (nSPS) is 15.9. The Morgan fingerprint density at radius 2 is 2.00 bits per heavy atom. The van der Waals surface area contributed by atoms with Crippen molar-refractivity contribution in [2.45, 2.75) is 51.5 Å². The van der Waals surface area contributed by atoms with Crippen LogP contribution in [0.25, 0.3) is 0 Å². The zero-order valence-corrected chi connectivity index (χ0v) is 13.1. The van der Waals surface area contributed by atoms with Gasteiger partial charge in [0.2, 0.25) is 0 Å². The molecule has 0 heterocycles. The van der Waals surface area contributed by atoms with Gasteiger partial charge in [-0.2, -0.15) is 5.26 Å². The first-order valence-electron chi connectivity index (χ1n) is 8.21. The minimum absolute atomic E-state index is 0.622. The number of hydrogen-bond acceptors (Lipinski definition) is 3. The predicted octanol–water partition coefficient (Wildman–Crippen LogP) is 3.98. The van der Waals surface area contributed by atoms with Gasteiger partial charge in [0.15, 0.2) is 0 Å². The molecule has 1 saturated carbocycles. The molecule has 1 aromatic carbocycles. The molecule has 0 unspecified atom stereocenters. The van der Waals surface area contributed by atoms with Crippen molar-refractivity contribution in [3.8, 4) is 11.8 Å². The molecule has 3 nitrogen and oxygen atoms in total. The highest BCUT2D eigenvalue weighted by atomic mass is 16.5. The van der Waals surface area contributed by atoms with E-state index < -0.39 is 0 Å². The van der Waals surface area contributed by atoms with Crippen molar-refractivity contribution in [2.24, 2.45) is 0 Å². The second-order valence-electron chi connectivity index (χ2n) is 5.73. The summed E-state index contributed by atoms with van der Waals surface area (Å²) in [5.74, 6) is 0.709. The third kappa shape index (κ3) is 4.75. The largest absolute Gasteiger partial charge is 0.492 e. The van der Waals surface area contributed by atoms with Gasteiger partial charge in [0.05, 0.1) is 12.2 Å². The molecule has 0 radical (unpaired) electrons. The maximum Gasteiger partial charge on any atom is 0.137 e. The van der Waals surface area contributed by atoms with Gasteiger partial charge in [-0.05, 0) is 37.9 Å². The van der Waals surface area contributed by atoms with Crippen LogP contribution in [0.15, 0.2) is 24.3 Å². The van der Waals surface area contributed by atoms with Gasteiger partial charge in [0, 0.05) is 12.6 Å². The van der Waals surface area contributed by atoms with Gasteiger partial charge in [-0.3, -0.25) is 0 Å². The zero-order chi connectivity index (χ0) is 14.9. The Balaban J connectivity index is 1.74. The molecule has 114 valence electrons. The van der Waals surface area contributed by atoms with Gasteiger partial charge >= 0.3 is 0 Å². The molecule has 0 N–H and O–H groups in total. The Morgan fingerprint density at radius 3 is 2.71 bits per heavy atom. The first-order valence-corrected chi connectivity index (χ1v) is 8.21. The molecule has 2 rings (SSSR count). The molecular formula is C18H26N2O. The van der Waals surface area contributed by atoms with E-state index in [1.165, 1.54) is 32.1 Å². The van der Waals surface area contributed by atoms with Gasteiger partial charge in [0.25, 0.3) is 0 Å². The van der Waals surface area contributed by atoms with Crippen LogP contribution in [0, 0.1) is 11.3 Å². The average Bonchev–Trinajstić information content (AvgIpc) is 2.56. The van der Waals surface area contributed by atoms with E-state index in [2.05, 4.69) is 17.9 Å². The Morgan fingerprint density at radius 1 is 1.24 bits per heavy atom. The van der Waals surface area contributed by atoms with Gasteiger partial charge in [0.1, 0.15) is 11.8 Å². The molecule has 0 bridgehead atoms. The summed E-state index contributed by atoms with van der Waals surface area (Å²) < 4.78 is 5.76. The average molecular weight is 286 g/mol. The van der Waals surface area contributed by atoms with Crippen LogP contribution in [-0.4, -0.2) is 30.6 Å². The van der Waals surface area contributed by atoms with Crippen LogP contribution in [0.1, 0.15) is 51.0 Å². The molecule has 1 aliphatic rings. The highest BCUT2D eigenvalue weighted by Crippen LogP contribution is 2.22. The van der Waals surface area contributed by atoms with Crippen molar-refractivity contribution in [1.82, 2.24) is 4.90 Å². The standard InChI is InChI=1S/C18H26N2O/c1-2-20(17-10-4-3-5-11-17)13-8-14-21-18-12-7-6-9-16(18)15-19/h6-7,9,12,17H,2-5,8,10-11,13-14H2,1H3. The van der Waals surface area contributed by atoms with Crippen molar-refractivity contribution in [3.63, 3.8) is 0 Å². The number of benzene rings is 1. The van der Waals surface area contributed by atoms with Crippen molar-refractivity contribution in [1.29, 1.82) is 5.26 Å². The number of hydrogen-bond donors (Lipinski definition) is 0. The molecule has 1 fully saturated rings. The molecule has 0 aromatic heterocycles. The molecule has 3 heteroatoms. The first-order chi connectivity index (χ1) is 10.3. The molecule has 1 aliphatic carbocycles. The third-order valence-corrected chi connectivity index (χ3v) is 4.35. The Hall–Kier alpha value is -1.53. The molecule has 0 amide bonds. The number of rotatable bonds is 7. The fourth-order valence-corrected chi connectivity index (χ4v) is 3.18. The van der Waals surface area contributed by atoms with Crippen LogP contribution >= 0.6 is 0 Å². The van der Waals surface area contributed by atoms with Crippen LogP contribution in [0.4, 0.5) is 0 Å². The maximum atomic E-state index is 9.03. The number of ether oxygens (including phenoxy) is 1. The summed E-state index contributed by atoms with van der Waals surface area (Å²) in [5, 5.41) is 9.03. The van der Waals surface area contributed by atoms with E-state index in [0.29, 0.717) is 17.9 Å². The van der Waals surface area contributed by atoms with E-state index in [9.17, 15) is 0 Å². The summed E-state index contributed by atoms with van der Waals surface area (Å²) >= 11 is 0. The van der Waals surface area contributed by atoms with E-state index in [4.69, 9.17) is 10.00 Å². The van der Waals surface area contributed by atoms with E-state index in [-0.39, 0.29) is 0 Å². The van der Waals surface area contributed by atoms with Crippen LogP contribution in [0.2, 0.25) is 0 Å². The minimum atomic E-state index is 0.622. The van der Waals surface area contributed by atoms with E-state index >= 15 is 0 Å². The van der Waals surface area contributed by atoms with Crippen LogP contribution in [-0.2, 0) is 0 Å². The number of nitriles is 1. The number of para-hydroxylation sites is 1. The molecule has 0 atom stereocenters. The van der Waals surface area contributed by atoms with Gasteiger partial charge in [-0.15, -0.1) is 0 Å². The van der Waals surface area contributed by atoms with Gasteiger partial charge in [-0.25, -0.2) is 0 Å². The molecule has 0 spiro atoms. The summed E-state index contributed by atoms with van der Waals surface area (Å²) in [4.78, 5) is 2.60. The molecule has 0 aliphatic heterocycles. The van der Waals surface area contributed by atoms with E-state index in [0.717, 1.165) is 25.6 Å². The topological polar surface area (TPSA) is 36.3 Å². The van der Waals surface area contributed by atoms with Crippen molar-refractivity contribution in [3.05, 3.63) is 29.8 Å². The Kier molecular flexibility index (Phi) is 6.56. The van der Waals surface area contributed by atoms with Crippen molar-refractivity contribution >= 4 is 0 Å². The molecular weight excluding hydrogens is 260 g/mol. The lowest BCUT2D eigenvalue weighted by atomic mass is 9.94. The van der Waals surface area contributed by atoms with E-state index in [1.807, 2.05) is 18.2 Å². The summed E-state index contributed by atoms with van der Waals surface area (Å²) in [6.45, 7) is 5.15. The lowest BCUT2D eigenvalue weighted by Crippen LogP contribution is -2.37. The lowest BCUT2D eigenvalue weighted by Gasteiger charge is -2.33.